The maximum Gasteiger partial charge on any atom is 0.255 e. The third kappa shape index (κ3) is 4.14. The molecule has 0 saturated heterocycles. The van der Waals surface area contributed by atoms with Crippen molar-refractivity contribution in [3.8, 4) is 5.75 Å². The number of phenols is 1. The molecule has 0 radical (unpaired) electrons. The summed E-state index contributed by atoms with van der Waals surface area (Å²) in [5.41, 5.74) is 3.62. The quantitative estimate of drug-likeness (QED) is 0.285. The van der Waals surface area contributed by atoms with Crippen molar-refractivity contribution in [2.75, 3.05) is 24.3 Å². The minimum Gasteiger partial charge on any atom is -0.508 e. The first-order valence-electron chi connectivity index (χ1n) is 13.5. The second-order valence-electron chi connectivity index (χ2n) is 11.5. The lowest BCUT2D eigenvalue weighted by Crippen LogP contribution is -2.62. The van der Waals surface area contributed by atoms with Crippen LogP contribution >= 0.6 is 0 Å². The number of ketones is 2. The number of nitrogens with two attached hydrogens (primary N) is 1. The number of pyridine rings is 1. The molecule has 41 heavy (non-hydrogen) atoms. The van der Waals surface area contributed by atoms with Crippen molar-refractivity contribution in [1.29, 1.82) is 0 Å². The van der Waals surface area contributed by atoms with E-state index in [4.69, 9.17) is 5.73 Å². The number of aliphatic hydroxyl groups is 3. The molecule has 0 unspecified atom stereocenters. The first-order chi connectivity index (χ1) is 19.3. The summed E-state index contributed by atoms with van der Waals surface area (Å²) < 4.78 is 0. The molecule has 1 aromatic carbocycles. The summed E-state index contributed by atoms with van der Waals surface area (Å²) in [5, 5.41) is 48.9. The number of hydrogen-bond donors (Lipinski definition) is 6. The van der Waals surface area contributed by atoms with Crippen LogP contribution in [0.2, 0.25) is 0 Å². The molecule has 216 valence electrons. The Bertz CT molecular complexity index is 1530. The molecule has 7 N–H and O–H groups in total. The van der Waals surface area contributed by atoms with Crippen LogP contribution in [0.25, 0.3) is 5.76 Å². The van der Waals surface area contributed by atoms with Crippen LogP contribution in [-0.2, 0) is 27.3 Å². The minimum atomic E-state index is -2.64. The standard InChI is InChI=1S/C30H34N4O7/c1-13(2)20-17-10-14-9-16-18(34(3)4)11-15(12-33-19-7-5-6-8-32-19)24(35)22(16)26(37)21(14)27(38)30(17,41)28(39)23(25(20)36)29(31)40/h5-8,11,13-14,17,20,35,37,39,41H,9-10,12H2,1-4H3,(H2,31,40)(H,32,33)/t14-,17-,20-,30-/m0/s1. The summed E-state index contributed by atoms with van der Waals surface area (Å²) in [6.45, 7) is 3.62. The Hall–Kier alpha value is -4.38. The van der Waals surface area contributed by atoms with Gasteiger partial charge in [-0.2, -0.15) is 0 Å². The highest BCUT2D eigenvalue weighted by molar-refractivity contribution is 6.23. The first kappa shape index (κ1) is 28.2. The summed E-state index contributed by atoms with van der Waals surface area (Å²) in [6, 6.07) is 7.16. The number of hydrogen-bond acceptors (Lipinski definition) is 10. The average molecular weight is 563 g/mol. The number of nitrogens with one attached hydrogen (secondary N) is 1. The Morgan fingerprint density at radius 1 is 1.22 bits per heavy atom. The highest BCUT2D eigenvalue weighted by Crippen LogP contribution is 2.55. The van der Waals surface area contributed by atoms with Crippen molar-refractivity contribution < 1.29 is 34.8 Å². The van der Waals surface area contributed by atoms with Gasteiger partial charge in [0.2, 0.25) is 5.78 Å². The molecule has 1 fully saturated rings. The summed E-state index contributed by atoms with van der Waals surface area (Å²) in [4.78, 5) is 45.6. The lowest BCUT2D eigenvalue weighted by atomic mass is 9.54. The van der Waals surface area contributed by atoms with Crippen LogP contribution in [0, 0.1) is 23.7 Å². The number of aromatic nitrogens is 1. The zero-order chi connectivity index (χ0) is 30.0. The fraction of sp³-hybridized carbons (Fsp3) is 0.400. The van der Waals surface area contributed by atoms with Crippen LogP contribution in [0.5, 0.6) is 5.75 Å². The van der Waals surface area contributed by atoms with E-state index in [1.165, 1.54) is 0 Å². The van der Waals surface area contributed by atoms with Gasteiger partial charge in [-0.25, -0.2) is 4.98 Å². The van der Waals surface area contributed by atoms with Gasteiger partial charge in [0, 0.05) is 55.5 Å². The number of carbonyl (C=O) groups is 3. The maximum absolute atomic E-state index is 14.1. The molecule has 0 spiro atoms. The lowest BCUT2D eigenvalue weighted by molar-refractivity contribution is -0.155. The normalized spacial score (nSPS) is 25.6. The van der Waals surface area contributed by atoms with E-state index >= 15 is 0 Å². The number of rotatable bonds is 6. The Balaban J connectivity index is 1.68. The molecular weight excluding hydrogens is 528 g/mol. The number of aliphatic hydroxyl groups excluding tert-OH is 2. The number of carbonyl (C=O) groups excluding carboxylic acids is 3. The molecule has 3 aliphatic rings. The summed E-state index contributed by atoms with van der Waals surface area (Å²) in [7, 11) is 3.65. The second-order valence-corrected chi connectivity index (χ2v) is 11.5. The van der Waals surface area contributed by atoms with Crippen molar-refractivity contribution in [3.05, 3.63) is 64.1 Å². The molecule has 4 atom stereocenters. The van der Waals surface area contributed by atoms with Gasteiger partial charge in [0.1, 0.15) is 28.7 Å². The molecular formula is C30H34N4O7. The van der Waals surface area contributed by atoms with Gasteiger partial charge in [-0.05, 0) is 48.4 Å². The van der Waals surface area contributed by atoms with Gasteiger partial charge in [-0.1, -0.05) is 19.9 Å². The number of Topliss-reactive ketones (excluding diaryl/α,β-unsaturated/α-hetero) is 2. The predicted octanol–water partition coefficient (Wildman–Crippen LogP) is 2.38. The molecule has 11 nitrogen and oxygen atoms in total. The van der Waals surface area contributed by atoms with Crippen molar-refractivity contribution in [1.82, 2.24) is 4.98 Å². The van der Waals surface area contributed by atoms with Gasteiger partial charge < -0.3 is 36.4 Å². The third-order valence-corrected chi connectivity index (χ3v) is 8.63. The zero-order valence-corrected chi connectivity index (χ0v) is 23.3. The van der Waals surface area contributed by atoms with E-state index in [0.717, 1.165) is 0 Å². The topological polar surface area (TPSA) is 186 Å². The summed E-state index contributed by atoms with van der Waals surface area (Å²) >= 11 is 0. The van der Waals surface area contributed by atoms with E-state index in [0.29, 0.717) is 22.6 Å². The first-order valence-corrected chi connectivity index (χ1v) is 13.5. The number of benzene rings is 1. The van der Waals surface area contributed by atoms with Gasteiger partial charge in [-0.3, -0.25) is 14.4 Å². The van der Waals surface area contributed by atoms with Crippen LogP contribution in [0.1, 0.15) is 37.0 Å². The fourth-order valence-corrected chi connectivity index (χ4v) is 6.77. The smallest absolute Gasteiger partial charge is 0.255 e. The van der Waals surface area contributed by atoms with Gasteiger partial charge in [0.05, 0.1) is 5.56 Å². The number of nitrogens with zero attached hydrogens (tertiary/aromatic N) is 2. The number of phenolic OH excluding ortho intramolecular Hbond substituents is 1. The molecule has 3 aliphatic carbocycles. The third-order valence-electron chi connectivity index (χ3n) is 8.63. The van der Waals surface area contributed by atoms with Crippen LogP contribution in [-0.4, -0.2) is 62.6 Å². The van der Waals surface area contributed by atoms with Crippen LogP contribution in [0.3, 0.4) is 0 Å². The summed E-state index contributed by atoms with van der Waals surface area (Å²) in [6.07, 6.45) is 1.93. The van der Waals surface area contributed by atoms with Gasteiger partial charge in [-0.15, -0.1) is 0 Å². The van der Waals surface area contributed by atoms with Crippen LogP contribution in [0.15, 0.2) is 47.4 Å². The second kappa shape index (κ2) is 9.91. The lowest BCUT2D eigenvalue weighted by Gasteiger charge is -2.50. The molecule has 0 bridgehead atoms. The number of fused-ring (bicyclic) bond motifs is 3. The molecule has 5 rings (SSSR count). The Kier molecular flexibility index (Phi) is 6.81. The Morgan fingerprint density at radius 3 is 2.51 bits per heavy atom. The van der Waals surface area contributed by atoms with Crippen molar-refractivity contribution >= 4 is 34.7 Å². The highest BCUT2D eigenvalue weighted by Gasteiger charge is 2.64. The predicted molar refractivity (Wildman–Crippen MR) is 151 cm³/mol. The van der Waals surface area contributed by atoms with E-state index < -0.39 is 57.9 Å². The van der Waals surface area contributed by atoms with E-state index in [-0.39, 0.29) is 42.2 Å². The molecule has 2 aromatic rings. The van der Waals surface area contributed by atoms with Crippen LogP contribution in [0.4, 0.5) is 11.5 Å². The van der Waals surface area contributed by atoms with Crippen molar-refractivity contribution in [2.24, 2.45) is 29.4 Å². The maximum atomic E-state index is 14.1. The van der Waals surface area contributed by atoms with Gasteiger partial charge in [0.25, 0.3) is 5.91 Å². The molecule has 1 amide bonds. The fourth-order valence-electron chi connectivity index (χ4n) is 6.77. The number of amides is 1. The van der Waals surface area contributed by atoms with Crippen molar-refractivity contribution in [3.63, 3.8) is 0 Å². The number of aromatic hydroxyl groups is 1. The summed E-state index contributed by atoms with van der Waals surface area (Å²) in [5.74, 6) is -7.25. The number of anilines is 2. The van der Waals surface area contributed by atoms with Gasteiger partial charge in [0.15, 0.2) is 11.4 Å². The van der Waals surface area contributed by atoms with E-state index in [9.17, 15) is 34.8 Å². The van der Waals surface area contributed by atoms with Crippen molar-refractivity contribution in [2.45, 2.75) is 38.8 Å². The molecule has 11 heteroatoms. The molecule has 1 aromatic heterocycles. The number of primary amides is 1. The van der Waals surface area contributed by atoms with E-state index in [1.54, 1.807) is 38.2 Å². The van der Waals surface area contributed by atoms with Crippen LogP contribution < -0.4 is 16.0 Å². The van der Waals surface area contributed by atoms with E-state index in [1.807, 2.05) is 25.1 Å². The highest BCUT2D eigenvalue weighted by atomic mass is 16.3. The SMILES string of the molecule is CC(C)[C@@H]1C(=O)C(C(N)=O)=C(O)[C@@]2(O)C(=O)C3=C(O)c4c(O)c(CNc5ccccn5)cc(N(C)C)c4C[C@H]3C[C@@H]12. The Morgan fingerprint density at radius 2 is 1.93 bits per heavy atom. The molecule has 0 aliphatic heterocycles. The van der Waals surface area contributed by atoms with E-state index in [2.05, 4.69) is 10.3 Å². The average Bonchev–Trinajstić information content (AvgIpc) is 2.90. The minimum absolute atomic E-state index is 0.0570. The zero-order valence-electron chi connectivity index (χ0n) is 23.3. The largest absolute Gasteiger partial charge is 0.508 e. The molecule has 1 heterocycles. The Labute approximate surface area is 237 Å². The monoisotopic (exact) mass is 562 g/mol. The van der Waals surface area contributed by atoms with Gasteiger partial charge >= 0.3 is 0 Å². The molecule has 1 saturated carbocycles.